The van der Waals surface area contributed by atoms with Crippen molar-refractivity contribution in [1.82, 2.24) is 5.32 Å². The molecule has 0 saturated heterocycles. The molecule has 0 bridgehead atoms. The highest BCUT2D eigenvalue weighted by Crippen LogP contribution is 2.20. The number of phenolic OH excluding ortho intramolecular Hbond substituents is 1. The lowest BCUT2D eigenvalue weighted by molar-refractivity contribution is -0.118. The maximum absolute atomic E-state index is 11.2. The number of carbonyl (C=O) groups excluding carboxylic acids is 2. The summed E-state index contributed by atoms with van der Waals surface area (Å²) in [6.45, 7) is 2.01. The highest BCUT2D eigenvalue weighted by Gasteiger charge is 2.07. The molecule has 1 aromatic rings. The molecule has 0 radical (unpaired) electrons. The third-order valence-electron chi connectivity index (χ3n) is 2.43. The lowest BCUT2D eigenvalue weighted by Crippen LogP contribution is -2.20. The first-order chi connectivity index (χ1) is 9.04. The van der Waals surface area contributed by atoms with Crippen molar-refractivity contribution in [3.63, 3.8) is 0 Å². The van der Waals surface area contributed by atoms with Crippen LogP contribution in [0.15, 0.2) is 24.3 Å². The number of nitrogens with one attached hydrogen (secondary N) is 1. The van der Waals surface area contributed by atoms with E-state index in [2.05, 4.69) is 10.1 Å². The number of benzene rings is 1. The number of aromatic hydroxyl groups is 1. The number of hydrogen-bond acceptors (Lipinski definition) is 4. The number of hydrogen-bond donors (Lipinski definition) is 2. The van der Waals surface area contributed by atoms with Crippen LogP contribution in [0.25, 0.3) is 6.08 Å². The van der Waals surface area contributed by atoms with Crippen molar-refractivity contribution >= 4 is 18.0 Å². The van der Waals surface area contributed by atoms with Gasteiger partial charge in [0, 0.05) is 19.0 Å². The standard InChI is InChI=1S/C14H17NO4/c1-10(16)15-8-4-3-5-11-6-7-12(9-13(11)17)14(18)19-2/h3,5-7,9,17H,4,8H2,1-2H3,(H,15,16). The molecule has 0 aromatic heterocycles. The zero-order chi connectivity index (χ0) is 14.3. The van der Waals surface area contributed by atoms with Crippen LogP contribution in [0, 0.1) is 0 Å². The fraction of sp³-hybridized carbons (Fsp3) is 0.286. The van der Waals surface area contributed by atoms with Gasteiger partial charge in [-0.3, -0.25) is 4.79 Å². The molecule has 0 fully saturated rings. The van der Waals surface area contributed by atoms with E-state index in [4.69, 9.17) is 0 Å². The van der Waals surface area contributed by atoms with Crippen LogP contribution in [0.3, 0.4) is 0 Å². The summed E-state index contributed by atoms with van der Waals surface area (Å²) in [6, 6.07) is 4.58. The molecule has 0 unspecified atom stereocenters. The Balaban J connectivity index is 2.62. The maximum Gasteiger partial charge on any atom is 0.337 e. The fourth-order valence-electron chi connectivity index (χ4n) is 1.47. The minimum Gasteiger partial charge on any atom is -0.507 e. The Hall–Kier alpha value is -2.30. The summed E-state index contributed by atoms with van der Waals surface area (Å²) in [5, 5.41) is 12.4. The number of ether oxygens (including phenoxy) is 1. The zero-order valence-electron chi connectivity index (χ0n) is 11.0. The van der Waals surface area contributed by atoms with Crippen LogP contribution >= 0.6 is 0 Å². The first kappa shape index (κ1) is 14.8. The number of rotatable bonds is 5. The van der Waals surface area contributed by atoms with Gasteiger partial charge in [0.1, 0.15) is 5.75 Å². The molecule has 0 atom stereocenters. The average molecular weight is 263 g/mol. The van der Waals surface area contributed by atoms with E-state index in [0.29, 0.717) is 24.1 Å². The van der Waals surface area contributed by atoms with Gasteiger partial charge in [0.15, 0.2) is 0 Å². The Kier molecular flexibility index (Phi) is 5.60. The van der Waals surface area contributed by atoms with Crippen LogP contribution < -0.4 is 5.32 Å². The van der Waals surface area contributed by atoms with Gasteiger partial charge in [0.25, 0.3) is 0 Å². The summed E-state index contributed by atoms with van der Waals surface area (Å²) in [6.07, 6.45) is 4.23. The predicted octanol–water partition coefficient (Wildman–Crippen LogP) is 1.72. The summed E-state index contributed by atoms with van der Waals surface area (Å²) in [7, 11) is 1.29. The normalized spacial score (nSPS) is 10.4. The van der Waals surface area contributed by atoms with E-state index in [1.807, 2.05) is 6.08 Å². The summed E-state index contributed by atoms with van der Waals surface area (Å²) in [4.78, 5) is 21.9. The van der Waals surface area contributed by atoms with Gasteiger partial charge >= 0.3 is 5.97 Å². The Morgan fingerprint density at radius 3 is 2.74 bits per heavy atom. The smallest absolute Gasteiger partial charge is 0.337 e. The van der Waals surface area contributed by atoms with E-state index in [9.17, 15) is 14.7 Å². The Labute approximate surface area is 111 Å². The lowest BCUT2D eigenvalue weighted by Gasteiger charge is -2.03. The molecular weight excluding hydrogens is 246 g/mol. The Morgan fingerprint density at radius 2 is 2.16 bits per heavy atom. The number of methoxy groups -OCH3 is 1. The molecule has 1 aromatic carbocycles. The van der Waals surface area contributed by atoms with Gasteiger partial charge in [-0.25, -0.2) is 4.79 Å². The van der Waals surface area contributed by atoms with Crippen molar-refractivity contribution in [2.45, 2.75) is 13.3 Å². The number of esters is 1. The summed E-state index contributed by atoms with van der Waals surface area (Å²) in [5.74, 6) is -0.547. The molecule has 1 amide bonds. The molecule has 0 heterocycles. The van der Waals surface area contributed by atoms with Crippen LogP contribution in [-0.2, 0) is 9.53 Å². The molecule has 5 nitrogen and oxygen atoms in total. The van der Waals surface area contributed by atoms with E-state index in [0.717, 1.165) is 0 Å². The molecular formula is C14H17NO4. The van der Waals surface area contributed by atoms with Crippen molar-refractivity contribution in [1.29, 1.82) is 0 Å². The highest BCUT2D eigenvalue weighted by molar-refractivity contribution is 5.90. The number of phenols is 1. The van der Waals surface area contributed by atoms with Crippen molar-refractivity contribution in [2.24, 2.45) is 0 Å². The Morgan fingerprint density at radius 1 is 1.42 bits per heavy atom. The summed E-state index contributed by atoms with van der Waals surface area (Å²) < 4.78 is 4.56. The third kappa shape index (κ3) is 4.83. The number of amides is 1. The van der Waals surface area contributed by atoms with Crippen LogP contribution in [0.5, 0.6) is 5.75 Å². The molecule has 1 rings (SSSR count). The zero-order valence-corrected chi connectivity index (χ0v) is 11.0. The van der Waals surface area contributed by atoms with Gasteiger partial charge in [0.2, 0.25) is 5.91 Å². The molecule has 2 N–H and O–H groups in total. The van der Waals surface area contributed by atoms with Crippen molar-refractivity contribution < 1.29 is 19.4 Å². The van der Waals surface area contributed by atoms with Gasteiger partial charge in [-0.1, -0.05) is 18.2 Å². The first-order valence-electron chi connectivity index (χ1n) is 5.87. The SMILES string of the molecule is COC(=O)c1ccc(C=CCCNC(C)=O)c(O)c1. The van der Waals surface area contributed by atoms with Crippen LogP contribution in [-0.4, -0.2) is 30.6 Å². The van der Waals surface area contributed by atoms with E-state index < -0.39 is 5.97 Å². The molecule has 0 aliphatic carbocycles. The second-order valence-electron chi connectivity index (χ2n) is 3.94. The second kappa shape index (κ2) is 7.20. The fourth-order valence-corrected chi connectivity index (χ4v) is 1.47. The van der Waals surface area contributed by atoms with Gasteiger partial charge < -0.3 is 15.2 Å². The van der Waals surface area contributed by atoms with Gasteiger partial charge in [-0.2, -0.15) is 0 Å². The predicted molar refractivity (Wildman–Crippen MR) is 71.8 cm³/mol. The van der Waals surface area contributed by atoms with E-state index in [-0.39, 0.29) is 11.7 Å². The molecule has 0 saturated carbocycles. The summed E-state index contributed by atoms with van der Waals surface area (Å²) in [5.41, 5.74) is 0.908. The molecule has 0 aliphatic rings. The Bertz CT molecular complexity index is 494. The third-order valence-corrected chi connectivity index (χ3v) is 2.43. The van der Waals surface area contributed by atoms with Crippen LogP contribution in [0.4, 0.5) is 0 Å². The number of carbonyl (C=O) groups is 2. The molecule has 0 spiro atoms. The van der Waals surface area contributed by atoms with Gasteiger partial charge in [-0.05, 0) is 18.6 Å². The average Bonchev–Trinajstić information content (AvgIpc) is 2.38. The molecule has 5 heteroatoms. The van der Waals surface area contributed by atoms with Gasteiger partial charge in [0.05, 0.1) is 12.7 Å². The van der Waals surface area contributed by atoms with E-state index in [1.54, 1.807) is 18.2 Å². The van der Waals surface area contributed by atoms with E-state index >= 15 is 0 Å². The monoisotopic (exact) mass is 263 g/mol. The van der Waals surface area contributed by atoms with E-state index in [1.165, 1.54) is 20.1 Å². The highest BCUT2D eigenvalue weighted by atomic mass is 16.5. The van der Waals surface area contributed by atoms with Crippen LogP contribution in [0.1, 0.15) is 29.3 Å². The van der Waals surface area contributed by atoms with Crippen molar-refractivity contribution in [3.05, 3.63) is 35.4 Å². The molecule has 19 heavy (non-hydrogen) atoms. The first-order valence-corrected chi connectivity index (χ1v) is 5.87. The maximum atomic E-state index is 11.2. The molecule has 0 aliphatic heterocycles. The van der Waals surface area contributed by atoms with Crippen molar-refractivity contribution in [2.75, 3.05) is 13.7 Å². The van der Waals surface area contributed by atoms with Gasteiger partial charge in [-0.15, -0.1) is 0 Å². The minimum absolute atomic E-state index is 0.0127. The minimum atomic E-state index is -0.489. The molecule has 102 valence electrons. The van der Waals surface area contributed by atoms with Crippen molar-refractivity contribution in [3.8, 4) is 5.75 Å². The quantitative estimate of drug-likeness (QED) is 0.626. The summed E-state index contributed by atoms with van der Waals surface area (Å²) >= 11 is 0. The second-order valence-corrected chi connectivity index (χ2v) is 3.94. The topological polar surface area (TPSA) is 75.6 Å². The largest absolute Gasteiger partial charge is 0.507 e. The van der Waals surface area contributed by atoms with Crippen LogP contribution in [0.2, 0.25) is 0 Å². The lowest BCUT2D eigenvalue weighted by atomic mass is 10.1.